The van der Waals surface area contributed by atoms with Crippen LogP contribution >= 0.6 is 11.3 Å². The molecule has 1 atom stereocenters. The number of benzene rings is 1. The van der Waals surface area contributed by atoms with E-state index in [2.05, 4.69) is 15.3 Å². The van der Waals surface area contributed by atoms with Crippen molar-refractivity contribution in [2.75, 3.05) is 5.32 Å². The van der Waals surface area contributed by atoms with Crippen molar-refractivity contribution in [2.45, 2.75) is 13.0 Å². The minimum atomic E-state index is -0.223. The lowest BCUT2D eigenvalue weighted by atomic mass is 10.1. The Kier molecular flexibility index (Phi) is 3.13. The molecule has 3 aromatic rings. The van der Waals surface area contributed by atoms with Gasteiger partial charge in [0.25, 0.3) is 0 Å². The average molecular weight is 273 g/mol. The van der Waals surface area contributed by atoms with E-state index < -0.39 is 0 Å². The standard InChI is InChI=1S/C14H12FN3S/c1-9(10-2-4-11(15)5-3-10)18-14-13-12(6-7-19-13)16-8-17-14/h2-9H,1H3,(H,16,17,18). The predicted molar refractivity (Wildman–Crippen MR) is 75.9 cm³/mol. The highest BCUT2D eigenvalue weighted by Gasteiger charge is 2.10. The van der Waals surface area contributed by atoms with Gasteiger partial charge in [0.15, 0.2) is 0 Å². The second kappa shape index (κ2) is 4.93. The van der Waals surface area contributed by atoms with E-state index in [-0.39, 0.29) is 11.9 Å². The van der Waals surface area contributed by atoms with Crippen LogP contribution in [0.25, 0.3) is 10.2 Å². The van der Waals surface area contributed by atoms with Gasteiger partial charge in [0.2, 0.25) is 0 Å². The number of hydrogen-bond donors (Lipinski definition) is 1. The maximum atomic E-state index is 12.9. The summed E-state index contributed by atoms with van der Waals surface area (Å²) in [6.45, 7) is 2.02. The number of halogens is 1. The van der Waals surface area contributed by atoms with Crippen molar-refractivity contribution < 1.29 is 4.39 Å². The Morgan fingerprint density at radius 2 is 1.95 bits per heavy atom. The summed E-state index contributed by atoms with van der Waals surface area (Å²) in [7, 11) is 0. The minimum absolute atomic E-state index is 0.0563. The molecule has 3 nitrogen and oxygen atoms in total. The third kappa shape index (κ3) is 2.42. The molecule has 0 bridgehead atoms. The van der Waals surface area contributed by atoms with Gasteiger partial charge in [-0.1, -0.05) is 12.1 Å². The molecule has 19 heavy (non-hydrogen) atoms. The van der Waals surface area contributed by atoms with E-state index in [4.69, 9.17) is 0 Å². The molecule has 0 radical (unpaired) electrons. The number of aromatic nitrogens is 2. The second-order valence-corrected chi connectivity index (χ2v) is 5.19. The number of thiophene rings is 1. The van der Waals surface area contributed by atoms with Crippen molar-refractivity contribution in [3.8, 4) is 0 Å². The summed E-state index contributed by atoms with van der Waals surface area (Å²) in [6, 6.07) is 8.51. The zero-order chi connectivity index (χ0) is 13.2. The fourth-order valence-corrected chi connectivity index (χ4v) is 2.73. The van der Waals surface area contributed by atoms with Gasteiger partial charge in [0.1, 0.15) is 18.0 Å². The van der Waals surface area contributed by atoms with Crippen LogP contribution in [-0.4, -0.2) is 9.97 Å². The van der Waals surface area contributed by atoms with Gasteiger partial charge in [-0.2, -0.15) is 0 Å². The van der Waals surface area contributed by atoms with Gasteiger partial charge >= 0.3 is 0 Å². The van der Waals surface area contributed by atoms with E-state index in [0.717, 1.165) is 21.6 Å². The van der Waals surface area contributed by atoms with Crippen LogP contribution in [0.15, 0.2) is 42.0 Å². The summed E-state index contributed by atoms with van der Waals surface area (Å²) < 4.78 is 13.9. The molecular formula is C14H12FN3S. The van der Waals surface area contributed by atoms with Crippen LogP contribution in [0.2, 0.25) is 0 Å². The lowest BCUT2D eigenvalue weighted by molar-refractivity contribution is 0.626. The number of rotatable bonds is 3. The molecule has 2 aromatic heterocycles. The topological polar surface area (TPSA) is 37.8 Å². The first-order chi connectivity index (χ1) is 9.24. The Labute approximate surface area is 114 Å². The average Bonchev–Trinajstić information content (AvgIpc) is 2.89. The molecule has 0 aliphatic rings. The lowest BCUT2D eigenvalue weighted by Crippen LogP contribution is -2.08. The number of nitrogens with one attached hydrogen (secondary N) is 1. The minimum Gasteiger partial charge on any atom is -0.362 e. The summed E-state index contributed by atoms with van der Waals surface area (Å²) >= 11 is 1.61. The molecule has 2 heterocycles. The smallest absolute Gasteiger partial charge is 0.147 e. The first-order valence-corrected chi connectivity index (χ1v) is 6.82. The summed E-state index contributed by atoms with van der Waals surface area (Å²) in [6.07, 6.45) is 1.55. The third-order valence-corrected chi connectivity index (χ3v) is 3.88. The quantitative estimate of drug-likeness (QED) is 0.783. The molecule has 0 saturated heterocycles. The number of nitrogens with zero attached hydrogens (tertiary/aromatic N) is 2. The molecule has 0 aliphatic heterocycles. The first kappa shape index (κ1) is 12.0. The SMILES string of the molecule is CC(Nc1ncnc2ccsc12)c1ccc(F)cc1. The third-order valence-electron chi connectivity index (χ3n) is 2.97. The second-order valence-electron chi connectivity index (χ2n) is 4.27. The zero-order valence-electron chi connectivity index (χ0n) is 10.3. The van der Waals surface area contributed by atoms with Crippen molar-refractivity contribution in [1.82, 2.24) is 9.97 Å². The molecule has 1 unspecified atom stereocenters. The van der Waals surface area contributed by atoms with Crippen molar-refractivity contribution in [3.05, 3.63) is 53.4 Å². The van der Waals surface area contributed by atoms with E-state index >= 15 is 0 Å². The maximum Gasteiger partial charge on any atom is 0.147 e. The summed E-state index contributed by atoms with van der Waals surface area (Å²) in [5.41, 5.74) is 1.96. The molecular weight excluding hydrogens is 261 g/mol. The molecule has 1 aromatic carbocycles. The Bertz CT molecular complexity index is 693. The van der Waals surface area contributed by atoms with Crippen LogP contribution in [0, 0.1) is 5.82 Å². The Hall–Kier alpha value is -2.01. The molecule has 0 aliphatic carbocycles. The molecule has 5 heteroatoms. The molecule has 1 N–H and O–H groups in total. The monoisotopic (exact) mass is 273 g/mol. The highest BCUT2D eigenvalue weighted by molar-refractivity contribution is 7.17. The first-order valence-electron chi connectivity index (χ1n) is 5.94. The molecule has 0 saturated carbocycles. The summed E-state index contributed by atoms with van der Waals surface area (Å²) in [5.74, 6) is 0.593. The molecule has 3 rings (SSSR count). The van der Waals surface area contributed by atoms with E-state index in [1.165, 1.54) is 12.1 Å². The molecule has 0 amide bonds. The summed E-state index contributed by atoms with van der Waals surface area (Å²) in [5, 5.41) is 5.34. The predicted octanol–water partition coefficient (Wildman–Crippen LogP) is 4.00. The van der Waals surface area contributed by atoms with E-state index in [1.54, 1.807) is 29.8 Å². The van der Waals surface area contributed by atoms with Crippen molar-refractivity contribution in [3.63, 3.8) is 0 Å². The van der Waals surface area contributed by atoms with Crippen LogP contribution in [0.4, 0.5) is 10.2 Å². The molecule has 0 spiro atoms. The van der Waals surface area contributed by atoms with Gasteiger partial charge in [0, 0.05) is 6.04 Å². The number of anilines is 1. The van der Waals surface area contributed by atoms with Gasteiger partial charge in [0.05, 0.1) is 10.2 Å². The normalized spacial score (nSPS) is 12.5. The Morgan fingerprint density at radius 1 is 1.16 bits per heavy atom. The van der Waals surface area contributed by atoms with Gasteiger partial charge in [-0.25, -0.2) is 14.4 Å². The van der Waals surface area contributed by atoms with E-state index in [9.17, 15) is 4.39 Å². The van der Waals surface area contributed by atoms with Crippen LogP contribution in [0.3, 0.4) is 0 Å². The number of hydrogen-bond acceptors (Lipinski definition) is 4. The van der Waals surface area contributed by atoms with Gasteiger partial charge < -0.3 is 5.32 Å². The molecule has 0 fully saturated rings. The fraction of sp³-hybridized carbons (Fsp3) is 0.143. The highest BCUT2D eigenvalue weighted by atomic mass is 32.1. The van der Waals surface area contributed by atoms with Crippen molar-refractivity contribution in [2.24, 2.45) is 0 Å². The van der Waals surface area contributed by atoms with Gasteiger partial charge in [-0.05, 0) is 36.1 Å². The van der Waals surface area contributed by atoms with Crippen LogP contribution in [0.5, 0.6) is 0 Å². The Morgan fingerprint density at radius 3 is 2.74 bits per heavy atom. The lowest BCUT2D eigenvalue weighted by Gasteiger charge is -2.15. The number of fused-ring (bicyclic) bond motifs is 1. The van der Waals surface area contributed by atoms with Crippen LogP contribution in [0.1, 0.15) is 18.5 Å². The van der Waals surface area contributed by atoms with Crippen LogP contribution < -0.4 is 5.32 Å². The van der Waals surface area contributed by atoms with Crippen molar-refractivity contribution >= 4 is 27.4 Å². The van der Waals surface area contributed by atoms with Crippen molar-refractivity contribution in [1.29, 1.82) is 0 Å². The fourth-order valence-electron chi connectivity index (χ4n) is 1.93. The molecule has 96 valence electrons. The van der Waals surface area contributed by atoms with Gasteiger partial charge in [-0.3, -0.25) is 0 Å². The van der Waals surface area contributed by atoms with Crippen LogP contribution in [-0.2, 0) is 0 Å². The van der Waals surface area contributed by atoms with E-state index in [0.29, 0.717) is 0 Å². The largest absolute Gasteiger partial charge is 0.362 e. The van der Waals surface area contributed by atoms with E-state index in [1.807, 2.05) is 18.4 Å². The highest BCUT2D eigenvalue weighted by Crippen LogP contribution is 2.27. The maximum absolute atomic E-state index is 12.9. The summed E-state index contributed by atoms with van der Waals surface area (Å²) in [4.78, 5) is 8.48. The Balaban J connectivity index is 1.88. The van der Waals surface area contributed by atoms with Gasteiger partial charge in [-0.15, -0.1) is 11.3 Å². The zero-order valence-corrected chi connectivity index (χ0v) is 11.1.